The van der Waals surface area contributed by atoms with Gasteiger partial charge < -0.3 is 9.67 Å². The number of imidazole rings is 1. The number of carbonyl (C=O) groups is 1. The van der Waals surface area contributed by atoms with Crippen LogP contribution in [0.1, 0.15) is 21.5 Å². The van der Waals surface area contributed by atoms with Crippen molar-refractivity contribution in [2.45, 2.75) is 13.5 Å². The second kappa shape index (κ2) is 4.81. The number of aromatic nitrogens is 2. The second-order valence-corrected chi connectivity index (χ2v) is 4.78. The molecule has 0 radical (unpaired) electrons. The number of hydrogen-bond acceptors (Lipinski definition) is 2. The van der Waals surface area contributed by atoms with E-state index < -0.39 is 5.97 Å². The smallest absolute Gasteiger partial charge is 0.337 e. The minimum atomic E-state index is -0.947. The minimum Gasteiger partial charge on any atom is -0.478 e. The van der Waals surface area contributed by atoms with E-state index in [1.54, 1.807) is 18.5 Å². The van der Waals surface area contributed by atoms with E-state index in [2.05, 4.69) is 24.0 Å². The fourth-order valence-electron chi connectivity index (χ4n) is 2.36. The summed E-state index contributed by atoms with van der Waals surface area (Å²) in [5, 5.41) is 9.18. The number of para-hydroxylation sites is 1. The molecule has 3 aromatic rings. The second-order valence-electron chi connectivity index (χ2n) is 4.78. The molecule has 4 nitrogen and oxygen atoms in total. The van der Waals surface area contributed by atoms with E-state index in [-0.39, 0.29) is 5.56 Å². The van der Waals surface area contributed by atoms with E-state index in [0.29, 0.717) is 12.1 Å². The van der Waals surface area contributed by atoms with Gasteiger partial charge in [-0.25, -0.2) is 9.78 Å². The SMILES string of the molecule is Cc1ccccc1Cn1cnc2c(C(=O)O)cccc21. The molecule has 2 aromatic carbocycles. The summed E-state index contributed by atoms with van der Waals surface area (Å²) >= 11 is 0. The van der Waals surface area contributed by atoms with E-state index in [1.807, 2.05) is 22.8 Å². The average Bonchev–Trinajstić information content (AvgIpc) is 2.84. The third kappa shape index (κ3) is 2.05. The molecule has 1 N–H and O–H groups in total. The monoisotopic (exact) mass is 266 g/mol. The van der Waals surface area contributed by atoms with Gasteiger partial charge in [0.1, 0.15) is 5.52 Å². The number of rotatable bonds is 3. The predicted molar refractivity (Wildman–Crippen MR) is 77.0 cm³/mol. The van der Waals surface area contributed by atoms with Crippen LogP contribution in [0.4, 0.5) is 0 Å². The molecule has 100 valence electrons. The Morgan fingerprint density at radius 1 is 1.20 bits per heavy atom. The molecule has 20 heavy (non-hydrogen) atoms. The lowest BCUT2D eigenvalue weighted by atomic mass is 10.1. The lowest BCUT2D eigenvalue weighted by molar-refractivity contribution is 0.0699. The van der Waals surface area contributed by atoms with Crippen LogP contribution in [0.2, 0.25) is 0 Å². The van der Waals surface area contributed by atoms with Crippen molar-refractivity contribution in [1.82, 2.24) is 9.55 Å². The van der Waals surface area contributed by atoms with Gasteiger partial charge in [-0.15, -0.1) is 0 Å². The van der Waals surface area contributed by atoms with Crippen molar-refractivity contribution in [3.8, 4) is 0 Å². The van der Waals surface area contributed by atoms with Crippen LogP contribution in [-0.4, -0.2) is 20.6 Å². The molecule has 0 aliphatic heterocycles. The van der Waals surface area contributed by atoms with Crippen LogP contribution in [0.15, 0.2) is 48.8 Å². The van der Waals surface area contributed by atoms with Crippen LogP contribution < -0.4 is 0 Å². The summed E-state index contributed by atoms with van der Waals surface area (Å²) in [4.78, 5) is 15.4. The number of hydrogen-bond donors (Lipinski definition) is 1. The minimum absolute atomic E-state index is 0.242. The number of fused-ring (bicyclic) bond motifs is 1. The molecule has 0 spiro atoms. The number of benzene rings is 2. The van der Waals surface area contributed by atoms with Gasteiger partial charge in [0.15, 0.2) is 0 Å². The standard InChI is InChI=1S/C16H14N2O2/c1-11-5-2-3-6-12(11)9-18-10-17-15-13(16(19)20)7-4-8-14(15)18/h2-8,10H,9H2,1H3,(H,19,20). The van der Waals surface area contributed by atoms with Crippen molar-refractivity contribution in [3.05, 3.63) is 65.5 Å². The van der Waals surface area contributed by atoms with Gasteiger partial charge >= 0.3 is 5.97 Å². The summed E-state index contributed by atoms with van der Waals surface area (Å²) in [5.74, 6) is -0.947. The molecule has 4 heteroatoms. The average molecular weight is 266 g/mol. The summed E-state index contributed by atoms with van der Waals surface area (Å²) in [6, 6.07) is 13.4. The number of carboxylic acid groups (broad SMARTS) is 1. The molecule has 0 amide bonds. The highest BCUT2D eigenvalue weighted by Gasteiger charge is 2.12. The Bertz CT molecular complexity index is 790. The summed E-state index contributed by atoms with van der Waals surface area (Å²) in [7, 11) is 0. The first-order valence-corrected chi connectivity index (χ1v) is 6.38. The first-order chi connectivity index (χ1) is 9.66. The topological polar surface area (TPSA) is 55.1 Å². The lowest BCUT2D eigenvalue weighted by Gasteiger charge is -2.07. The quantitative estimate of drug-likeness (QED) is 0.792. The third-order valence-corrected chi connectivity index (χ3v) is 3.48. The fourth-order valence-corrected chi connectivity index (χ4v) is 2.36. The molecule has 0 fully saturated rings. The zero-order valence-electron chi connectivity index (χ0n) is 11.1. The lowest BCUT2D eigenvalue weighted by Crippen LogP contribution is -2.01. The van der Waals surface area contributed by atoms with Crippen LogP contribution in [0.3, 0.4) is 0 Å². The van der Waals surface area contributed by atoms with Gasteiger partial charge in [0.2, 0.25) is 0 Å². The zero-order valence-corrected chi connectivity index (χ0v) is 11.1. The van der Waals surface area contributed by atoms with Gasteiger partial charge in [-0.1, -0.05) is 30.3 Å². The summed E-state index contributed by atoms with van der Waals surface area (Å²) in [6.07, 6.45) is 1.70. The Balaban J connectivity index is 2.08. The Morgan fingerprint density at radius 3 is 2.75 bits per heavy atom. The summed E-state index contributed by atoms with van der Waals surface area (Å²) < 4.78 is 1.98. The van der Waals surface area contributed by atoms with Crippen LogP contribution in [0.5, 0.6) is 0 Å². The van der Waals surface area contributed by atoms with Crippen molar-refractivity contribution in [1.29, 1.82) is 0 Å². The highest BCUT2D eigenvalue weighted by Crippen LogP contribution is 2.19. The Hall–Kier alpha value is -2.62. The zero-order chi connectivity index (χ0) is 14.1. The van der Waals surface area contributed by atoms with Crippen molar-refractivity contribution in [2.75, 3.05) is 0 Å². The van der Waals surface area contributed by atoms with Crippen LogP contribution in [0, 0.1) is 6.92 Å². The Kier molecular flexibility index (Phi) is 2.99. The molecule has 0 saturated carbocycles. The molecule has 0 atom stereocenters. The molecule has 0 unspecified atom stereocenters. The van der Waals surface area contributed by atoms with E-state index >= 15 is 0 Å². The molecule has 1 heterocycles. The summed E-state index contributed by atoms with van der Waals surface area (Å²) in [6.45, 7) is 2.75. The maximum absolute atomic E-state index is 11.2. The van der Waals surface area contributed by atoms with Crippen LogP contribution in [0.25, 0.3) is 11.0 Å². The highest BCUT2D eigenvalue weighted by molar-refractivity contribution is 6.00. The molecule has 0 saturated heterocycles. The number of aromatic carboxylic acids is 1. The van der Waals surface area contributed by atoms with E-state index in [4.69, 9.17) is 0 Å². The van der Waals surface area contributed by atoms with Crippen molar-refractivity contribution in [3.63, 3.8) is 0 Å². The van der Waals surface area contributed by atoms with Gasteiger partial charge in [0.25, 0.3) is 0 Å². The number of aryl methyl sites for hydroxylation is 1. The largest absolute Gasteiger partial charge is 0.478 e. The van der Waals surface area contributed by atoms with E-state index in [0.717, 1.165) is 5.52 Å². The molecular weight excluding hydrogens is 252 g/mol. The first-order valence-electron chi connectivity index (χ1n) is 6.38. The summed E-state index contributed by atoms with van der Waals surface area (Å²) in [5.41, 5.74) is 4.03. The number of nitrogens with zero attached hydrogens (tertiary/aromatic N) is 2. The normalized spacial score (nSPS) is 10.8. The van der Waals surface area contributed by atoms with Crippen molar-refractivity contribution >= 4 is 17.0 Å². The predicted octanol–water partition coefficient (Wildman–Crippen LogP) is 3.09. The molecule has 0 aliphatic rings. The molecular formula is C16H14N2O2. The first kappa shape index (κ1) is 12.4. The molecule has 0 aliphatic carbocycles. The fraction of sp³-hybridized carbons (Fsp3) is 0.125. The van der Waals surface area contributed by atoms with Crippen molar-refractivity contribution in [2.24, 2.45) is 0 Å². The highest BCUT2D eigenvalue weighted by atomic mass is 16.4. The number of carboxylic acids is 1. The Labute approximate surface area is 116 Å². The Morgan fingerprint density at radius 2 is 2.00 bits per heavy atom. The van der Waals surface area contributed by atoms with Gasteiger partial charge in [-0.2, -0.15) is 0 Å². The molecule has 0 bridgehead atoms. The van der Waals surface area contributed by atoms with Crippen LogP contribution in [-0.2, 0) is 6.54 Å². The van der Waals surface area contributed by atoms with E-state index in [1.165, 1.54) is 11.1 Å². The van der Waals surface area contributed by atoms with Gasteiger partial charge in [0, 0.05) is 6.54 Å². The van der Waals surface area contributed by atoms with Crippen LogP contribution >= 0.6 is 0 Å². The van der Waals surface area contributed by atoms with Gasteiger partial charge in [-0.3, -0.25) is 0 Å². The van der Waals surface area contributed by atoms with Gasteiger partial charge in [0.05, 0.1) is 17.4 Å². The van der Waals surface area contributed by atoms with Crippen molar-refractivity contribution < 1.29 is 9.90 Å². The van der Waals surface area contributed by atoms with E-state index in [9.17, 15) is 9.90 Å². The third-order valence-electron chi connectivity index (χ3n) is 3.48. The van der Waals surface area contributed by atoms with Gasteiger partial charge in [-0.05, 0) is 30.2 Å². The molecule has 3 rings (SSSR count). The maximum Gasteiger partial charge on any atom is 0.337 e. The molecule has 1 aromatic heterocycles. The maximum atomic E-state index is 11.2.